The van der Waals surface area contributed by atoms with Crippen LogP contribution in [0.2, 0.25) is 0 Å². The lowest BCUT2D eigenvalue weighted by Gasteiger charge is -2.30. The number of nitrogens with zero attached hydrogens (tertiary/aromatic N) is 1. The van der Waals surface area contributed by atoms with E-state index in [9.17, 15) is 17.2 Å². The zero-order valence-corrected chi connectivity index (χ0v) is 12.7. The standard InChI is InChI=1S/C14H18F2N2O3S/c15-14(16)11-4-6-18(7-5-11)13-3-1-2-12(10-13)17-22(20,21)9-8-19/h1-3,10,17,19H,4-9H2. The maximum atomic E-state index is 12.5. The second-order valence-electron chi connectivity index (χ2n) is 5.05. The van der Waals surface area contributed by atoms with Crippen molar-refractivity contribution in [3.63, 3.8) is 0 Å². The summed E-state index contributed by atoms with van der Waals surface area (Å²) in [6.07, 6.45) is -0.976. The van der Waals surface area contributed by atoms with E-state index < -0.39 is 22.7 Å². The number of rotatable bonds is 5. The number of nitrogens with one attached hydrogen (secondary N) is 1. The van der Waals surface area contributed by atoms with Crippen molar-refractivity contribution >= 4 is 21.4 Å². The molecule has 0 atom stereocenters. The van der Waals surface area contributed by atoms with Crippen LogP contribution in [0.4, 0.5) is 20.2 Å². The molecule has 1 saturated heterocycles. The van der Waals surface area contributed by atoms with Gasteiger partial charge >= 0.3 is 0 Å². The van der Waals surface area contributed by atoms with Crippen molar-refractivity contribution in [1.82, 2.24) is 0 Å². The summed E-state index contributed by atoms with van der Waals surface area (Å²) in [5.41, 5.74) is 1.36. The average molecular weight is 332 g/mol. The molecule has 1 aliphatic rings. The number of sulfonamides is 1. The molecule has 122 valence electrons. The first-order chi connectivity index (χ1) is 10.4. The van der Waals surface area contributed by atoms with Crippen LogP contribution in [0.25, 0.3) is 0 Å². The van der Waals surface area contributed by atoms with Crippen LogP contribution in [-0.4, -0.2) is 39.0 Å². The highest BCUT2D eigenvalue weighted by molar-refractivity contribution is 7.92. The summed E-state index contributed by atoms with van der Waals surface area (Å²) in [5.74, 6) is -0.370. The second-order valence-corrected chi connectivity index (χ2v) is 6.89. The Labute approximate surface area is 128 Å². The van der Waals surface area contributed by atoms with Crippen LogP contribution in [0, 0.1) is 0 Å². The first-order valence-electron chi connectivity index (χ1n) is 6.90. The zero-order chi connectivity index (χ0) is 16.2. The number of halogens is 2. The highest BCUT2D eigenvalue weighted by Gasteiger charge is 2.18. The third-order valence-corrected chi connectivity index (χ3v) is 4.75. The molecule has 1 fully saturated rings. The number of piperidine rings is 1. The maximum absolute atomic E-state index is 12.5. The second kappa shape index (κ2) is 7.06. The van der Waals surface area contributed by atoms with E-state index >= 15 is 0 Å². The van der Waals surface area contributed by atoms with Crippen molar-refractivity contribution < 1.29 is 22.3 Å². The maximum Gasteiger partial charge on any atom is 0.269 e. The highest BCUT2D eigenvalue weighted by Crippen LogP contribution is 2.27. The van der Waals surface area contributed by atoms with Gasteiger partial charge in [-0.15, -0.1) is 0 Å². The lowest BCUT2D eigenvalue weighted by atomic mass is 10.0. The Morgan fingerprint density at radius 1 is 1.27 bits per heavy atom. The van der Waals surface area contributed by atoms with Gasteiger partial charge in [-0.2, -0.15) is 8.78 Å². The highest BCUT2D eigenvalue weighted by atomic mass is 32.2. The summed E-state index contributed by atoms with van der Waals surface area (Å²) in [6.45, 7) is 0.490. The van der Waals surface area contributed by atoms with Crippen LogP contribution < -0.4 is 9.62 Å². The SMILES string of the molecule is O=S(=O)(CCO)Nc1cccc(N2CCC(=C(F)F)CC2)c1. The fourth-order valence-corrected chi connectivity index (χ4v) is 3.17. The molecule has 1 aromatic rings. The molecule has 0 aromatic heterocycles. The molecule has 0 bridgehead atoms. The average Bonchev–Trinajstić information content (AvgIpc) is 2.47. The molecule has 0 saturated carbocycles. The van der Waals surface area contributed by atoms with Gasteiger partial charge in [0.05, 0.1) is 18.0 Å². The molecule has 8 heteroatoms. The molecule has 2 rings (SSSR count). The zero-order valence-electron chi connectivity index (χ0n) is 11.9. The summed E-state index contributed by atoms with van der Waals surface area (Å²) < 4.78 is 50.7. The summed E-state index contributed by atoms with van der Waals surface area (Å²) >= 11 is 0. The van der Waals surface area contributed by atoms with Gasteiger partial charge in [0.25, 0.3) is 6.08 Å². The molecule has 1 aromatic carbocycles. The molecular weight excluding hydrogens is 314 g/mol. The van der Waals surface area contributed by atoms with Gasteiger partial charge in [-0.25, -0.2) is 8.42 Å². The minimum Gasteiger partial charge on any atom is -0.395 e. The molecule has 0 aliphatic carbocycles. The van der Waals surface area contributed by atoms with E-state index in [1.165, 1.54) is 0 Å². The fraction of sp³-hybridized carbons (Fsp3) is 0.429. The normalized spacial score (nSPS) is 15.8. The third kappa shape index (κ3) is 4.41. The number of hydrogen-bond acceptors (Lipinski definition) is 4. The van der Waals surface area contributed by atoms with Gasteiger partial charge in [0.2, 0.25) is 10.0 Å². The van der Waals surface area contributed by atoms with Crippen LogP contribution in [0.3, 0.4) is 0 Å². The van der Waals surface area contributed by atoms with Crippen molar-refractivity contribution in [1.29, 1.82) is 0 Å². The van der Waals surface area contributed by atoms with Crippen LogP contribution in [0.1, 0.15) is 12.8 Å². The number of anilines is 2. The van der Waals surface area contributed by atoms with E-state index in [0.29, 0.717) is 31.6 Å². The molecule has 0 amide bonds. The molecule has 0 spiro atoms. The van der Waals surface area contributed by atoms with E-state index in [0.717, 1.165) is 5.69 Å². The summed E-state index contributed by atoms with van der Waals surface area (Å²) in [4.78, 5) is 1.94. The third-order valence-electron chi connectivity index (χ3n) is 3.48. The molecule has 2 N–H and O–H groups in total. The van der Waals surface area contributed by atoms with E-state index in [4.69, 9.17) is 5.11 Å². The van der Waals surface area contributed by atoms with Crippen LogP contribution in [-0.2, 0) is 10.0 Å². The van der Waals surface area contributed by atoms with Crippen molar-refractivity contribution in [2.45, 2.75) is 12.8 Å². The molecule has 5 nitrogen and oxygen atoms in total. The Morgan fingerprint density at radius 3 is 2.55 bits per heavy atom. The van der Waals surface area contributed by atoms with Gasteiger partial charge in [0.15, 0.2) is 0 Å². The lowest BCUT2D eigenvalue weighted by molar-refractivity contribution is 0.320. The van der Waals surface area contributed by atoms with E-state index in [1.807, 2.05) is 11.0 Å². The van der Waals surface area contributed by atoms with Crippen LogP contribution in [0.15, 0.2) is 35.9 Å². The van der Waals surface area contributed by atoms with Crippen molar-refractivity contribution in [3.05, 3.63) is 35.9 Å². The first-order valence-corrected chi connectivity index (χ1v) is 8.56. The Bertz CT molecular complexity index is 648. The van der Waals surface area contributed by atoms with Gasteiger partial charge in [0, 0.05) is 18.8 Å². The van der Waals surface area contributed by atoms with E-state index in [2.05, 4.69) is 4.72 Å². The monoisotopic (exact) mass is 332 g/mol. The number of aliphatic hydroxyl groups excluding tert-OH is 1. The van der Waals surface area contributed by atoms with Gasteiger partial charge in [0.1, 0.15) is 0 Å². The van der Waals surface area contributed by atoms with Crippen molar-refractivity contribution in [2.24, 2.45) is 0 Å². The first kappa shape index (κ1) is 16.7. The number of hydrogen-bond donors (Lipinski definition) is 2. The fourth-order valence-electron chi connectivity index (χ4n) is 2.34. The topological polar surface area (TPSA) is 69.6 Å². The van der Waals surface area contributed by atoms with Crippen LogP contribution in [0.5, 0.6) is 0 Å². The number of benzene rings is 1. The van der Waals surface area contributed by atoms with Gasteiger partial charge in [-0.3, -0.25) is 4.72 Å². The molecule has 1 aliphatic heterocycles. The Hall–Kier alpha value is -1.67. The molecule has 1 heterocycles. The summed E-state index contributed by atoms with van der Waals surface area (Å²) in [7, 11) is -3.58. The van der Waals surface area contributed by atoms with Gasteiger partial charge in [-0.05, 0) is 36.6 Å². The largest absolute Gasteiger partial charge is 0.395 e. The minimum atomic E-state index is -3.58. The van der Waals surface area contributed by atoms with Crippen molar-refractivity contribution in [3.8, 4) is 0 Å². The predicted octanol–water partition coefficient (Wildman–Crippen LogP) is 2.17. The van der Waals surface area contributed by atoms with Crippen molar-refractivity contribution in [2.75, 3.05) is 35.1 Å². The molecule has 22 heavy (non-hydrogen) atoms. The molecular formula is C14H18F2N2O3S. The van der Waals surface area contributed by atoms with Gasteiger partial charge in [-0.1, -0.05) is 6.07 Å². The van der Waals surface area contributed by atoms with Crippen LogP contribution >= 0.6 is 0 Å². The Kier molecular flexibility index (Phi) is 5.36. The Balaban J connectivity index is 2.08. The lowest BCUT2D eigenvalue weighted by Crippen LogP contribution is -2.30. The molecule has 0 unspecified atom stereocenters. The van der Waals surface area contributed by atoms with E-state index in [-0.39, 0.29) is 11.3 Å². The summed E-state index contributed by atoms with van der Waals surface area (Å²) in [6, 6.07) is 6.78. The van der Waals surface area contributed by atoms with Gasteiger partial charge < -0.3 is 10.0 Å². The minimum absolute atomic E-state index is 0.191. The molecule has 0 radical (unpaired) electrons. The quantitative estimate of drug-likeness (QED) is 0.867. The summed E-state index contributed by atoms with van der Waals surface area (Å²) in [5, 5.41) is 8.72. The Morgan fingerprint density at radius 2 is 1.95 bits per heavy atom. The predicted molar refractivity (Wildman–Crippen MR) is 81.6 cm³/mol. The number of aliphatic hydroxyl groups is 1. The van der Waals surface area contributed by atoms with E-state index in [1.54, 1.807) is 18.2 Å². The smallest absolute Gasteiger partial charge is 0.269 e.